The molecule has 2 fully saturated rings. The fourth-order valence-electron chi connectivity index (χ4n) is 8.55. The van der Waals surface area contributed by atoms with E-state index in [0.29, 0.717) is 130 Å². The molecular weight excluding hydrogens is 1050 g/mol. The van der Waals surface area contributed by atoms with Crippen LogP contribution >= 0.6 is 15.9 Å². The summed E-state index contributed by atoms with van der Waals surface area (Å²) in [7, 11) is 3.03. The summed E-state index contributed by atoms with van der Waals surface area (Å²) in [6.07, 6.45) is 5.21. The van der Waals surface area contributed by atoms with Gasteiger partial charge in [0.1, 0.15) is 13.2 Å². The molecule has 0 spiro atoms. The number of nitrogens with one attached hydrogen (secondary N) is 3. The number of ether oxygens (including phenoxy) is 8. The molecule has 3 N–H and O–H groups in total. The number of alkyl halides is 1. The fraction of sp³-hybridized carbons (Fsp3) is 0.436. The lowest BCUT2D eigenvalue weighted by atomic mass is 10.1. The van der Waals surface area contributed by atoms with E-state index in [1.54, 1.807) is 46.5 Å². The minimum absolute atomic E-state index is 0.0893. The van der Waals surface area contributed by atoms with Crippen LogP contribution in [-0.2, 0) is 46.5 Å². The maximum atomic E-state index is 13.6. The topological polar surface area (TPSA) is 226 Å². The van der Waals surface area contributed by atoms with Crippen LogP contribution in [0.25, 0.3) is 0 Å². The lowest BCUT2D eigenvalue weighted by Gasteiger charge is -2.20. The Bertz CT molecular complexity index is 2620. The van der Waals surface area contributed by atoms with Crippen molar-refractivity contribution < 1.29 is 61.9 Å². The second kappa shape index (κ2) is 28.7. The molecule has 3 aromatic rings. The molecule has 4 aliphatic rings. The van der Waals surface area contributed by atoms with E-state index >= 15 is 0 Å². The van der Waals surface area contributed by atoms with Crippen molar-refractivity contribution in [1.29, 1.82) is 0 Å². The van der Waals surface area contributed by atoms with Crippen molar-refractivity contribution in [2.24, 2.45) is 9.98 Å². The molecule has 0 aromatic heterocycles. The van der Waals surface area contributed by atoms with Crippen molar-refractivity contribution >= 4 is 69.3 Å². The highest BCUT2D eigenvalue weighted by Crippen LogP contribution is 2.40. The van der Waals surface area contributed by atoms with E-state index in [2.05, 4.69) is 66.9 Å². The van der Waals surface area contributed by atoms with Crippen LogP contribution in [0, 0.1) is 11.8 Å². The van der Waals surface area contributed by atoms with Gasteiger partial charge in [-0.15, -0.1) is 0 Å². The van der Waals surface area contributed by atoms with Gasteiger partial charge in [0.05, 0.1) is 114 Å². The highest BCUT2D eigenvalue weighted by atomic mass is 79.9. The third-order valence-electron chi connectivity index (χ3n) is 12.3. The lowest BCUT2D eigenvalue weighted by Crippen LogP contribution is -2.35. The number of hydrogen-bond donors (Lipinski definition) is 3. The number of rotatable bonds is 28. The number of fused-ring (bicyclic) bond motifs is 4. The standard InChI is InChI=1S/C55H64BrN7O13/c1-36-20-41-30-60-45-27-49(47(69-3)25-43(45)54(67)62(41)32-36)75-34-39-22-38(23-40(24-39)35-76-50-28-46-44(26-48(50)70-4)55(68)63-33-37(2)21-42(63)31-61-46)6-5-9-57-52(65)8-12-71-14-16-73-18-19-74-17-15-72-13-11-59-51(64)7-10-58-53(66)29-56/h22-28,30-31,41-42H,1-2,7-21,29,32-35H2,3-4H3,(H,57,65)(H,58,66)(H,59,64)/t41-,42-/m0/s1. The van der Waals surface area contributed by atoms with E-state index in [9.17, 15) is 24.0 Å². The minimum Gasteiger partial charge on any atom is -0.493 e. The van der Waals surface area contributed by atoms with Crippen molar-refractivity contribution in [3.05, 3.63) is 94.6 Å². The number of halogens is 1. The first-order valence-corrected chi connectivity index (χ1v) is 26.1. The van der Waals surface area contributed by atoms with E-state index in [1.807, 2.05) is 18.2 Å². The smallest absolute Gasteiger partial charge is 0.257 e. The summed E-state index contributed by atoms with van der Waals surface area (Å²) in [5, 5.41) is 8.34. The van der Waals surface area contributed by atoms with Crippen molar-refractivity contribution in [3.63, 3.8) is 0 Å². The summed E-state index contributed by atoms with van der Waals surface area (Å²) in [5.41, 5.74) is 5.87. The molecule has 404 valence electrons. The molecule has 0 unspecified atom stereocenters. The van der Waals surface area contributed by atoms with Crippen LogP contribution in [-0.4, -0.2) is 169 Å². The first-order valence-electron chi connectivity index (χ1n) is 24.9. The van der Waals surface area contributed by atoms with E-state index in [1.165, 1.54) is 14.2 Å². The van der Waals surface area contributed by atoms with Gasteiger partial charge in [0.25, 0.3) is 11.8 Å². The molecule has 4 aliphatic heterocycles. The van der Waals surface area contributed by atoms with Crippen molar-refractivity contribution in [1.82, 2.24) is 25.8 Å². The molecule has 0 radical (unpaired) electrons. The highest BCUT2D eigenvalue weighted by molar-refractivity contribution is 9.09. The Morgan fingerprint density at radius 1 is 0.618 bits per heavy atom. The molecule has 7 rings (SSSR count). The number of amides is 5. The van der Waals surface area contributed by atoms with Gasteiger partial charge in [-0.3, -0.25) is 34.0 Å². The van der Waals surface area contributed by atoms with Crippen molar-refractivity contribution in [2.75, 3.05) is 105 Å². The second-order valence-corrected chi connectivity index (χ2v) is 18.5. The average molecular weight is 1110 g/mol. The fourth-order valence-corrected chi connectivity index (χ4v) is 8.75. The number of carbonyl (C=O) groups excluding carboxylic acids is 5. The van der Waals surface area contributed by atoms with E-state index in [4.69, 9.17) is 37.9 Å². The summed E-state index contributed by atoms with van der Waals surface area (Å²) in [6.45, 7) is 12.7. The zero-order valence-corrected chi connectivity index (χ0v) is 44.5. The van der Waals surface area contributed by atoms with Gasteiger partial charge in [-0.25, -0.2) is 0 Å². The molecule has 76 heavy (non-hydrogen) atoms. The Labute approximate surface area is 450 Å². The van der Waals surface area contributed by atoms with Crippen LogP contribution in [0.2, 0.25) is 0 Å². The normalized spacial score (nSPS) is 16.1. The number of carbonyl (C=O) groups is 5. The summed E-state index contributed by atoms with van der Waals surface area (Å²) >= 11 is 3.05. The Morgan fingerprint density at radius 3 is 1.62 bits per heavy atom. The Kier molecular flexibility index (Phi) is 21.4. The molecule has 5 amide bonds. The first-order chi connectivity index (χ1) is 36.9. The van der Waals surface area contributed by atoms with Crippen LogP contribution in [0.15, 0.2) is 76.8 Å². The maximum Gasteiger partial charge on any atom is 0.257 e. The Hall–Kier alpha value is -7.09. The maximum absolute atomic E-state index is 13.6. The Balaban J connectivity index is 0.885. The van der Waals surface area contributed by atoms with Crippen LogP contribution in [0.3, 0.4) is 0 Å². The summed E-state index contributed by atoms with van der Waals surface area (Å²) in [4.78, 5) is 75.6. The quantitative estimate of drug-likeness (QED) is 0.0386. The molecule has 0 saturated carbocycles. The summed E-state index contributed by atoms with van der Waals surface area (Å²) < 4.78 is 46.2. The number of benzene rings is 3. The van der Waals surface area contributed by atoms with Crippen LogP contribution < -0.4 is 34.9 Å². The van der Waals surface area contributed by atoms with Crippen LogP contribution in [0.4, 0.5) is 11.4 Å². The van der Waals surface area contributed by atoms with Gasteiger partial charge in [0.2, 0.25) is 17.7 Å². The van der Waals surface area contributed by atoms with Gasteiger partial charge in [-0.05, 0) is 54.3 Å². The molecule has 21 heteroatoms. The predicted molar refractivity (Wildman–Crippen MR) is 287 cm³/mol. The molecule has 2 saturated heterocycles. The van der Waals surface area contributed by atoms with E-state index < -0.39 is 0 Å². The van der Waals surface area contributed by atoms with Gasteiger partial charge in [0, 0.05) is 69.1 Å². The molecule has 2 atom stereocenters. The number of aliphatic imine (C=N–C) groups is 2. The predicted octanol–water partition coefficient (Wildman–Crippen LogP) is 4.78. The summed E-state index contributed by atoms with van der Waals surface area (Å²) in [6, 6.07) is 12.1. The van der Waals surface area contributed by atoms with E-state index in [0.717, 1.165) is 22.3 Å². The van der Waals surface area contributed by atoms with E-state index in [-0.39, 0.29) is 92.7 Å². The van der Waals surface area contributed by atoms with Crippen LogP contribution in [0.1, 0.15) is 63.1 Å². The number of hydrogen-bond acceptors (Lipinski definition) is 15. The highest BCUT2D eigenvalue weighted by Gasteiger charge is 2.36. The first kappa shape index (κ1) is 56.6. The monoisotopic (exact) mass is 1110 g/mol. The van der Waals surface area contributed by atoms with Gasteiger partial charge in [-0.1, -0.05) is 52.1 Å². The number of nitrogens with zero attached hydrogens (tertiary/aromatic N) is 4. The van der Waals surface area contributed by atoms with Crippen LogP contribution in [0.5, 0.6) is 23.0 Å². The van der Waals surface area contributed by atoms with Crippen molar-refractivity contribution in [3.8, 4) is 34.8 Å². The minimum atomic E-state index is -0.224. The second-order valence-electron chi connectivity index (χ2n) is 18.0. The van der Waals surface area contributed by atoms with Gasteiger partial charge in [0.15, 0.2) is 23.0 Å². The Morgan fingerprint density at radius 2 is 1.11 bits per heavy atom. The SMILES string of the molecule is C=C1C[C@H]2C=Nc3cc(OCc4cc(C#CCNC(=O)CCOCCOCCOCCOCCNC(=O)CCNC(=O)CBr)cc(COc5cc6c(cc5OC)C(=O)N5CC(=C)C[C@H]5C=N6)c4)c(OC)cc3C(=O)N2C1. The van der Waals surface area contributed by atoms with Gasteiger partial charge >= 0.3 is 0 Å². The number of methoxy groups -OCH3 is 2. The molecule has 0 bridgehead atoms. The zero-order chi connectivity index (χ0) is 53.8. The molecule has 20 nitrogen and oxygen atoms in total. The molecule has 4 heterocycles. The van der Waals surface area contributed by atoms with Gasteiger partial charge < -0.3 is 63.6 Å². The average Bonchev–Trinajstić information content (AvgIpc) is 3.93. The zero-order valence-electron chi connectivity index (χ0n) is 42.9. The molecule has 0 aliphatic carbocycles. The third-order valence-corrected chi connectivity index (χ3v) is 12.8. The molecular formula is C55H64BrN7O13. The van der Waals surface area contributed by atoms with Crippen molar-refractivity contribution in [2.45, 2.75) is 51.0 Å². The summed E-state index contributed by atoms with van der Waals surface area (Å²) in [5.74, 6) is 6.88. The third kappa shape index (κ3) is 16.2. The van der Waals surface area contributed by atoms with Gasteiger partial charge in [-0.2, -0.15) is 0 Å². The lowest BCUT2D eigenvalue weighted by molar-refractivity contribution is -0.123. The molecule has 3 aromatic carbocycles. The largest absolute Gasteiger partial charge is 0.493 e.